The monoisotopic (exact) mass is 895 g/mol. The molecule has 0 aliphatic carbocycles. The van der Waals surface area contributed by atoms with Gasteiger partial charge in [-0.25, -0.2) is 0 Å². The van der Waals surface area contributed by atoms with Crippen molar-refractivity contribution in [3.63, 3.8) is 0 Å². The van der Waals surface area contributed by atoms with Gasteiger partial charge in [0.1, 0.15) is 13.2 Å². The van der Waals surface area contributed by atoms with E-state index in [1.165, 1.54) is 148 Å². The van der Waals surface area contributed by atoms with Gasteiger partial charge in [-0.1, -0.05) is 248 Å². The van der Waals surface area contributed by atoms with Crippen LogP contribution in [0.3, 0.4) is 0 Å². The zero-order valence-electron chi connectivity index (χ0n) is 42.3. The summed E-state index contributed by atoms with van der Waals surface area (Å²) in [6.45, 7) is 6.49. The van der Waals surface area contributed by atoms with Crippen LogP contribution in [0, 0.1) is 0 Å². The fourth-order valence-electron chi connectivity index (χ4n) is 7.74. The number of esters is 3. The van der Waals surface area contributed by atoms with Crippen molar-refractivity contribution in [2.75, 3.05) is 13.2 Å². The van der Waals surface area contributed by atoms with Crippen LogP contribution in [0.4, 0.5) is 0 Å². The Balaban J connectivity index is 4.40. The topological polar surface area (TPSA) is 78.9 Å². The number of carbonyl (C=O) groups is 3. The van der Waals surface area contributed by atoms with Crippen LogP contribution in [0.5, 0.6) is 0 Å². The van der Waals surface area contributed by atoms with E-state index in [9.17, 15) is 14.4 Å². The van der Waals surface area contributed by atoms with Gasteiger partial charge >= 0.3 is 17.9 Å². The molecule has 1 unspecified atom stereocenters. The van der Waals surface area contributed by atoms with E-state index in [2.05, 4.69) is 63.3 Å². The molecule has 0 bridgehead atoms. The van der Waals surface area contributed by atoms with E-state index in [0.29, 0.717) is 19.3 Å². The third kappa shape index (κ3) is 50.1. The fraction of sp³-hybridized carbons (Fsp3) is 0.776. The molecule has 0 fully saturated rings. The van der Waals surface area contributed by atoms with Gasteiger partial charge in [0.05, 0.1) is 0 Å². The third-order valence-electron chi connectivity index (χ3n) is 11.9. The molecule has 1 atom stereocenters. The molecule has 0 rings (SSSR count). The maximum atomic E-state index is 12.8. The number of rotatable bonds is 49. The van der Waals surface area contributed by atoms with Gasteiger partial charge in [-0.05, 0) is 64.2 Å². The highest BCUT2D eigenvalue weighted by Gasteiger charge is 2.19. The predicted molar refractivity (Wildman–Crippen MR) is 275 cm³/mol. The molecule has 0 aromatic carbocycles. The Morgan fingerprint density at radius 2 is 0.625 bits per heavy atom. The summed E-state index contributed by atoms with van der Waals surface area (Å²) in [6.07, 6.45) is 64.9. The van der Waals surface area contributed by atoms with Gasteiger partial charge in [0, 0.05) is 19.3 Å². The predicted octanol–water partition coefficient (Wildman–Crippen LogP) is 18.0. The Morgan fingerprint density at radius 3 is 1.02 bits per heavy atom. The van der Waals surface area contributed by atoms with Gasteiger partial charge in [0.2, 0.25) is 0 Å². The van der Waals surface area contributed by atoms with Crippen LogP contribution in [0.2, 0.25) is 0 Å². The molecule has 0 aromatic heterocycles. The first-order valence-electron chi connectivity index (χ1n) is 27.3. The first kappa shape index (κ1) is 61.1. The number of carbonyl (C=O) groups excluding carboxylic acids is 3. The molecule has 0 spiro atoms. The molecule has 0 saturated heterocycles. The lowest BCUT2D eigenvalue weighted by Gasteiger charge is -2.18. The Hall–Kier alpha value is -2.89. The maximum absolute atomic E-state index is 12.8. The SMILES string of the molecule is CC\C=C/C=C\C=C/C=C\CCCCCCCC(=O)OC(COC(=O)CCCCCCCCC/C=C\CCCCCC)COC(=O)CCCCCCCCCCCCCCCCCC. The minimum absolute atomic E-state index is 0.0830. The highest BCUT2D eigenvalue weighted by Crippen LogP contribution is 2.16. The van der Waals surface area contributed by atoms with Crippen molar-refractivity contribution in [1.82, 2.24) is 0 Å². The van der Waals surface area contributed by atoms with E-state index in [-0.39, 0.29) is 31.1 Å². The highest BCUT2D eigenvalue weighted by atomic mass is 16.6. The summed E-state index contributed by atoms with van der Waals surface area (Å²) in [7, 11) is 0. The van der Waals surface area contributed by atoms with Gasteiger partial charge in [-0.2, -0.15) is 0 Å². The molecular weight excluding hydrogens is 793 g/mol. The second-order valence-electron chi connectivity index (χ2n) is 18.2. The second kappa shape index (κ2) is 52.7. The lowest BCUT2D eigenvalue weighted by atomic mass is 10.0. The number of unbranched alkanes of at least 4 members (excludes halogenated alkanes) is 31. The van der Waals surface area contributed by atoms with Crippen LogP contribution in [0.25, 0.3) is 0 Å². The van der Waals surface area contributed by atoms with Crippen molar-refractivity contribution in [2.24, 2.45) is 0 Å². The van der Waals surface area contributed by atoms with Crippen molar-refractivity contribution in [3.8, 4) is 0 Å². The van der Waals surface area contributed by atoms with Gasteiger partial charge in [0.15, 0.2) is 6.10 Å². The smallest absolute Gasteiger partial charge is 0.306 e. The van der Waals surface area contributed by atoms with Crippen LogP contribution in [0.15, 0.2) is 60.8 Å². The van der Waals surface area contributed by atoms with Gasteiger partial charge in [-0.3, -0.25) is 14.4 Å². The molecular formula is C58H102O6. The largest absolute Gasteiger partial charge is 0.462 e. The van der Waals surface area contributed by atoms with Gasteiger partial charge in [0.25, 0.3) is 0 Å². The van der Waals surface area contributed by atoms with Crippen LogP contribution in [-0.4, -0.2) is 37.2 Å². The fourth-order valence-corrected chi connectivity index (χ4v) is 7.74. The van der Waals surface area contributed by atoms with E-state index in [1.807, 2.05) is 18.2 Å². The summed E-state index contributed by atoms with van der Waals surface area (Å²) in [4.78, 5) is 38.1. The van der Waals surface area contributed by atoms with E-state index in [0.717, 1.165) is 83.5 Å². The van der Waals surface area contributed by atoms with Gasteiger partial charge < -0.3 is 14.2 Å². The molecule has 0 heterocycles. The quantitative estimate of drug-likeness (QED) is 0.0199. The molecule has 6 heteroatoms. The average Bonchev–Trinajstić information content (AvgIpc) is 3.29. The van der Waals surface area contributed by atoms with E-state index in [1.54, 1.807) is 0 Å². The van der Waals surface area contributed by atoms with Crippen molar-refractivity contribution >= 4 is 17.9 Å². The van der Waals surface area contributed by atoms with Gasteiger partial charge in [-0.15, -0.1) is 0 Å². The minimum atomic E-state index is -0.786. The Morgan fingerprint density at radius 1 is 0.328 bits per heavy atom. The number of hydrogen-bond acceptors (Lipinski definition) is 6. The van der Waals surface area contributed by atoms with Crippen LogP contribution < -0.4 is 0 Å². The van der Waals surface area contributed by atoms with Crippen LogP contribution in [0.1, 0.15) is 271 Å². The standard InChI is InChI=1S/C58H102O6/c1-4-7-10-13-16-19-22-25-28-31-33-36-39-42-45-48-51-57(60)63-54-55(64-58(61)52-49-46-43-40-37-34-30-27-24-21-18-15-12-9-6-3)53-62-56(59)50-47-44-41-38-35-32-29-26-23-20-17-14-11-8-5-2/h9,12,15,18,20-21,23-24,27,30,55H,4-8,10-11,13-14,16-17,19,22,25-26,28-29,31-54H2,1-3H3/b12-9-,18-15-,23-20-,24-21-,30-27-. The highest BCUT2D eigenvalue weighted by molar-refractivity contribution is 5.71. The van der Waals surface area contributed by atoms with E-state index >= 15 is 0 Å². The van der Waals surface area contributed by atoms with Crippen molar-refractivity contribution < 1.29 is 28.6 Å². The molecule has 0 saturated carbocycles. The lowest BCUT2D eigenvalue weighted by Crippen LogP contribution is -2.30. The second-order valence-corrected chi connectivity index (χ2v) is 18.2. The first-order chi connectivity index (χ1) is 31.5. The van der Waals surface area contributed by atoms with E-state index in [4.69, 9.17) is 14.2 Å². The zero-order chi connectivity index (χ0) is 46.5. The molecule has 370 valence electrons. The molecule has 0 N–H and O–H groups in total. The van der Waals surface area contributed by atoms with E-state index < -0.39 is 6.10 Å². The normalized spacial score (nSPS) is 12.5. The van der Waals surface area contributed by atoms with Crippen LogP contribution >= 0.6 is 0 Å². The van der Waals surface area contributed by atoms with Crippen molar-refractivity contribution in [1.29, 1.82) is 0 Å². The number of ether oxygens (including phenoxy) is 3. The molecule has 0 radical (unpaired) electrons. The summed E-state index contributed by atoms with van der Waals surface area (Å²) in [5, 5.41) is 0. The third-order valence-corrected chi connectivity index (χ3v) is 11.9. The lowest BCUT2D eigenvalue weighted by molar-refractivity contribution is -0.167. The first-order valence-corrected chi connectivity index (χ1v) is 27.3. The Labute approximate surface area is 396 Å². The summed E-state index contributed by atoms with van der Waals surface area (Å²) in [6, 6.07) is 0. The van der Waals surface area contributed by atoms with Crippen LogP contribution in [-0.2, 0) is 28.6 Å². The molecule has 0 aromatic rings. The molecule has 0 aliphatic rings. The molecule has 0 aliphatic heterocycles. The summed E-state index contributed by atoms with van der Waals surface area (Å²) >= 11 is 0. The zero-order valence-corrected chi connectivity index (χ0v) is 42.3. The Bertz CT molecular complexity index is 1170. The summed E-state index contributed by atoms with van der Waals surface area (Å²) in [5.74, 6) is -0.901. The molecule has 6 nitrogen and oxygen atoms in total. The van der Waals surface area contributed by atoms with Crippen molar-refractivity contribution in [2.45, 2.75) is 277 Å². The average molecular weight is 895 g/mol. The minimum Gasteiger partial charge on any atom is -0.462 e. The summed E-state index contributed by atoms with van der Waals surface area (Å²) in [5.41, 5.74) is 0. The molecule has 64 heavy (non-hydrogen) atoms. The maximum Gasteiger partial charge on any atom is 0.306 e. The Kier molecular flexibility index (Phi) is 50.4. The molecule has 0 amide bonds. The summed E-state index contributed by atoms with van der Waals surface area (Å²) < 4.78 is 16.8. The number of allylic oxidation sites excluding steroid dienone is 10. The van der Waals surface area contributed by atoms with Crippen molar-refractivity contribution in [3.05, 3.63) is 60.8 Å². The number of hydrogen-bond donors (Lipinski definition) is 0.